The first kappa shape index (κ1) is 16.7. The smallest absolute Gasteiger partial charge is 0.175 e. The Morgan fingerprint density at radius 1 is 1.38 bits per heavy atom. The number of hydrogen-bond donors (Lipinski definition) is 1. The molecule has 1 aliphatic carbocycles. The number of nitrogens with zero attached hydrogens (tertiary/aromatic N) is 1. The van der Waals surface area contributed by atoms with Gasteiger partial charge in [-0.05, 0) is 45.0 Å². The molecule has 118 valence electrons. The van der Waals surface area contributed by atoms with Crippen LogP contribution < -0.4 is 5.32 Å². The van der Waals surface area contributed by atoms with E-state index in [1.165, 1.54) is 19.1 Å². The van der Waals surface area contributed by atoms with E-state index in [1.54, 1.807) is 18.2 Å². The molecule has 6 heteroatoms. The number of likely N-dealkylation sites (N-methyl/N-ethyl adjacent to an activating group) is 1. The summed E-state index contributed by atoms with van der Waals surface area (Å²) in [5, 5.41) is 3.87. The molecular weight excluding hydrogens is 308 g/mol. The fraction of sp³-hybridized carbons (Fsp3) is 0.600. The van der Waals surface area contributed by atoms with E-state index < -0.39 is 9.84 Å². The predicted molar refractivity (Wildman–Crippen MR) is 86.5 cm³/mol. The van der Waals surface area contributed by atoms with Gasteiger partial charge >= 0.3 is 0 Å². The van der Waals surface area contributed by atoms with Gasteiger partial charge in [0.2, 0.25) is 0 Å². The van der Waals surface area contributed by atoms with Gasteiger partial charge in [0.05, 0.1) is 4.90 Å². The molecule has 4 nitrogen and oxygen atoms in total. The van der Waals surface area contributed by atoms with E-state index >= 15 is 0 Å². The van der Waals surface area contributed by atoms with E-state index in [2.05, 4.69) is 24.3 Å². The Balaban J connectivity index is 2.06. The predicted octanol–water partition coefficient (Wildman–Crippen LogP) is 2.17. The molecule has 2 rings (SSSR count). The molecule has 1 saturated carbocycles. The minimum Gasteiger partial charge on any atom is -0.311 e. The van der Waals surface area contributed by atoms with Gasteiger partial charge in [-0.2, -0.15) is 0 Å². The molecule has 1 N–H and O–H groups in total. The zero-order valence-electron chi connectivity index (χ0n) is 12.8. The number of nitrogens with one attached hydrogen (secondary N) is 1. The molecule has 1 aliphatic rings. The van der Waals surface area contributed by atoms with Gasteiger partial charge in [0.15, 0.2) is 9.84 Å². The van der Waals surface area contributed by atoms with Crippen molar-refractivity contribution in [2.24, 2.45) is 5.92 Å². The Bertz CT molecular complexity index is 596. The lowest BCUT2D eigenvalue weighted by atomic mass is 10.1. The quantitative estimate of drug-likeness (QED) is 0.832. The summed E-state index contributed by atoms with van der Waals surface area (Å²) >= 11 is 6.17. The molecule has 0 bridgehead atoms. The Morgan fingerprint density at radius 2 is 2.05 bits per heavy atom. The Labute approximate surface area is 132 Å². The van der Waals surface area contributed by atoms with E-state index in [1.807, 2.05) is 0 Å². The minimum atomic E-state index is -3.26. The topological polar surface area (TPSA) is 49.4 Å². The van der Waals surface area contributed by atoms with Crippen LogP contribution in [0.5, 0.6) is 0 Å². The van der Waals surface area contributed by atoms with Gasteiger partial charge in [0.25, 0.3) is 0 Å². The molecule has 0 amide bonds. The number of sulfone groups is 1. The molecule has 21 heavy (non-hydrogen) atoms. The summed E-state index contributed by atoms with van der Waals surface area (Å²) in [6.45, 7) is 1.31. The van der Waals surface area contributed by atoms with Crippen LogP contribution in [0.2, 0.25) is 5.02 Å². The van der Waals surface area contributed by atoms with Gasteiger partial charge in [-0.25, -0.2) is 8.42 Å². The monoisotopic (exact) mass is 330 g/mol. The third-order valence-electron chi connectivity index (χ3n) is 3.96. The van der Waals surface area contributed by atoms with E-state index in [9.17, 15) is 8.42 Å². The molecule has 1 fully saturated rings. The second-order valence-electron chi connectivity index (χ2n) is 5.99. The molecule has 0 heterocycles. The molecule has 0 aliphatic heterocycles. The summed E-state index contributed by atoms with van der Waals surface area (Å²) in [6.07, 6.45) is 3.78. The molecule has 1 aromatic carbocycles. The highest BCUT2D eigenvalue weighted by Gasteiger charge is 2.32. The first-order valence-corrected chi connectivity index (χ1v) is 9.42. The third-order valence-corrected chi connectivity index (χ3v) is 5.50. The van der Waals surface area contributed by atoms with E-state index in [4.69, 9.17) is 11.6 Å². The van der Waals surface area contributed by atoms with Gasteiger partial charge in [-0.15, -0.1) is 0 Å². The van der Waals surface area contributed by atoms with E-state index in [0.717, 1.165) is 12.5 Å². The number of rotatable bonds is 7. The largest absolute Gasteiger partial charge is 0.311 e. The van der Waals surface area contributed by atoms with Crippen molar-refractivity contribution in [3.8, 4) is 0 Å². The van der Waals surface area contributed by atoms with Crippen molar-refractivity contribution in [1.82, 2.24) is 10.2 Å². The van der Waals surface area contributed by atoms with Crippen LogP contribution in [0.1, 0.15) is 18.4 Å². The van der Waals surface area contributed by atoms with Crippen LogP contribution >= 0.6 is 11.6 Å². The van der Waals surface area contributed by atoms with Crippen molar-refractivity contribution >= 4 is 21.4 Å². The standard InChI is InChI=1S/C15H23ClN2O2S/c1-18(2)14(11-7-8-11)10-17-9-12-13(16)5-4-6-15(12)21(3,19)20/h4-6,11,14,17H,7-10H2,1-3H3. The Hall–Kier alpha value is -0.620. The molecule has 0 saturated heterocycles. The van der Waals surface area contributed by atoms with Gasteiger partial charge in [0.1, 0.15) is 0 Å². The molecule has 1 aromatic rings. The maximum atomic E-state index is 11.8. The molecular formula is C15H23ClN2O2S. The van der Waals surface area contributed by atoms with Crippen LogP contribution in [-0.4, -0.2) is 46.3 Å². The van der Waals surface area contributed by atoms with Crippen LogP contribution in [0.25, 0.3) is 0 Å². The average Bonchev–Trinajstić information content (AvgIpc) is 3.18. The van der Waals surface area contributed by atoms with Gasteiger partial charge in [-0.3, -0.25) is 0 Å². The Morgan fingerprint density at radius 3 is 2.57 bits per heavy atom. The van der Waals surface area contributed by atoms with Crippen molar-refractivity contribution in [1.29, 1.82) is 0 Å². The highest BCUT2D eigenvalue weighted by atomic mass is 35.5. The summed E-state index contributed by atoms with van der Waals surface area (Å²) in [7, 11) is 0.909. The highest BCUT2D eigenvalue weighted by molar-refractivity contribution is 7.90. The average molecular weight is 331 g/mol. The molecule has 0 radical (unpaired) electrons. The number of hydrogen-bond acceptors (Lipinski definition) is 4. The van der Waals surface area contributed by atoms with Crippen molar-refractivity contribution in [3.63, 3.8) is 0 Å². The minimum absolute atomic E-state index is 0.315. The van der Waals surface area contributed by atoms with Crippen molar-refractivity contribution < 1.29 is 8.42 Å². The first-order valence-electron chi connectivity index (χ1n) is 7.15. The second-order valence-corrected chi connectivity index (χ2v) is 8.38. The van der Waals surface area contributed by atoms with Crippen LogP contribution in [0.4, 0.5) is 0 Å². The van der Waals surface area contributed by atoms with Crippen molar-refractivity contribution in [2.75, 3.05) is 26.9 Å². The number of halogens is 1. The normalized spacial score (nSPS) is 17.2. The van der Waals surface area contributed by atoms with Crippen LogP contribution in [0.15, 0.2) is 23.1 Å². The Kier molecular flexibility index (Phi) is 5.30. The zero-order chi connectivity index (χ0) is 15.6. The zero-order valence-corrected chi connectivity index (χ0v) is 14.3. The van der Waals surface area contributed by atoms with Crippen molar-refractivity contribution in [2.45, 2.75) is 30.3 Å². The summed E-state index contributed by atoms with van der Waals surface area (Å²) in [5.41, 5.74) is 0.662. The maximum absolute atomic E-state index is 11.8. The van der Waals surface area contributed by atoms with Crippen LogP contribution in [0.3, 0.4) is 0 Å². The molecule has 1 atom stereocenters. The summed E-state index contributed by atoms with van der Waals surface area (Å²) < 4.78 is 23.7. The first-order chi connectivity index (χ1) is 9.80. The summed E-state index contributed by atoms with van der Waals surface area (Å²) in [4.78, 5) is 2.55. The molecule has 1 unspecified atom stereocenters. The third kappa shape index (κ3) is 4.42. The van der Waals surface area contributed by atoms with E-state index in [-0.39, 0.29) is 0 Å². The lowest BCUT2D eigenvalue weighted by Crippen LogP contribution is -2.39. The van der Waals surface area contributed by atoms with Crippen LogP contribution in [-0.2, 0) is 16.4 Å². The van der Waals surface area contributed by atoms with Crippen molar-refractivity contribution in [3.05, 3.63) is 28.8 Å². The number of benzene rings is 1. The second kappa shape index (κ2) is 6.65. The van der Waals surface area contributed by atoms with Gasteiger partial charge in [-0.1, -0.05) is 17.7 Å². The molecule has 0 aromatic heterocycles. The fourth-order valence-corrected chi connectivity index (χ4v) is 3.91. The van der Waals surface area contributed by atoms with E-state index in [0.29, 0.717) is 28.1 Å². The van der Waals surface area contributed by atoms with Gasteiger partial charge < -0.3 is 10.2 Å². The fourth-order valence-electron chi connectivity index (χ4n) is 2.65. The van der Waals surface area contributed by atoms with Gasteiger partial charge in [0, 0.05) is 36.0 Å². The lowest BCUT2D eigenvalue weighted by molar-refractivity contribution is 0.255. The SMILES string of the molecule is CN(C)C(CNCc1c(Cl)cccc1S(C)(=O)=O)C1CC1. The summed E-state index contributed by atoms with van der Waals surface area (Å²) in [5.74, 6) is 0.758. The maximum Gasteiger partial charge on any atom is 0.175 e. The van der Waals surface area contributed by atoms with Crippen LogP contribution in [0, 0.1) is 5.92 Å². The molecule has 0 spiro atoms. The lowest BCUT2D eigenvalue weighted by Gasteiger charge is -2.24. The highest BCUT2D eigenvalue weighted by Crippen LogP contribution is 2.34. The summed E-state index contributed by atoms with van der Waals surface area (Å²) in [6, 6.07) is 5.52.